The Morgan fingerprint density at radius 3 is 2.52 bits per heavy atom. The smallest absolute Gasteiger partial charge is 0.307 e. The molecule has 3 rings (SSSR count). The van der Waals surface area contributed by atoms with E-state index in [1.807, 2.05) is 19.2 Å². The Labute approximate surface area is 120 Å². The number of benzene rings is 1. The van der Waals surface area contributed by atoms with Gasteiger partial charge in [-0.2, -0.15) is 0 Å². The molecule has 7 nitrogen and oxygen atoms in total. The van der Waals surface area contributed by atoms with Crippen molar-refractivity contribution >= 4 is 17.6 Å². The highest BCUT2D eigenvalue weighted by Gasteiger charge is 2.48. The molecule has 1 aliphatic rings. The minimum atomic E-state index is -0.909. The minimum absolute atomic E-state index is 0.242. The molecule has 0 bridgehead atoms. The number of hydrogen-bond donors (Lipinski definition) is 2. The molecule has 2 aromatic rings. The highest BCUT2D eigenvalue weighted by atomic mass is 16.4. The fourth-order valence-electron chi connectivity index (χ4n) is 2.24. The van der Waals surface area contributed by atoms with Gasteiger partial charge in [-0.15, -0.1) is 10.2 Å². The number of aromatic nitrogens is 3. The van der Waals surface area contributed by atoms with Crippen LogP contribution in [-0.4, -0.2) is 31.7 Å². The first-order chi connectivity index (χ1) is 10.1. The summed E-state index contributed by atoms with van der Waals surface area (Å²) in [7, 11) is 1.85. The maximum atomic E-state index is 11.9. The molecule has 0 saturated heterocycles. The molecule has 1 fully saturated rings. The first-order valence-corrected chi connectivity index (χ1v) is 6.54. The van der Waals surface area contributed by atoms with Crippen LogP contribution in [0.2, 0.25) is 0 Å². The molecular formula is C14H14N4O3. The molecule has 0 spiro atoms. The number of aryl methyl sites for hydroxylation is 1. The normalized spacial score (nSPS) is 20.0. The van der Waals surface area contributed by atoms with Crippen molar-refractivity contribution in [2.45, 2.75) is 6.42 Å². The molecule has 1 aromatic carbocycles. The van der Waals surface area contributed by atoms with E-state index < -0.39 is 17.8 Å². The van der Waals surface area contributed by atoms with Crippen molar-refractivity contribution < 1.29 is 14.7 Å². The summed E-state index contributed by atoms with van der Waals surface area (Å²) in [4.78, 5) is 22.6. The van der Waals surface area contributed by atoms with Gasteiger partial charge in [0.05, 0.1) is 11.8 Å². The fourth-order valence-corrected chi connectivity index (χ4v) is 2.24. The second-order valence-electron chi connectivity index (χ2n) is 5.12. The Bertz CT molecular complexity index is 692. The quantitative estimate of drug-likeness (QED) is 0.878. The van der Waals surface area contributed by atoms with Crippen LogP contribution in [0.15, 0.2) is 30.6 Å². The zero-order valence-electron chi connectivity index (χ0n) is 11.4. The van der Waals surface area contributed by atoms with Crippen LogP contribution < -0.4 is 5.32 Å². The van der Waals surface area contributed by atoms with Gasteiger partial charge in [0, 0.05) is 18.3 Å². The summed E-state index contributed by atoms with van der Waals surface area (Å²) in [5.41, 5.74) is 1.53. The number of anilines is 1. The number of rotatable bonds is 4. The minimum Gasteiger partial charge on any atom is -0.481 e. The summed E-state index contributed by atoms with van der Waals surface area (Å²) in [6.45, 7) is 0. The number of amides is 1. The number of carboxylic acids is 1. The van der Waals surface area contributed by atoms with Gasteiger partial charge in [-0.05, 0) is 30.7 Å². The lowest BCUT2D eigenvalue weighted by molar-refractivity contribution is -0.139. The monoisotopic (exact) mass is 286 g/mol. The average Bonchev–Trinajstić information content (AvgIpc) is 3.16. The molecule has 1 amide bonds. The number of hydrogen-bond acceptors (Lipinski definition) is 4. The Kier molecular flexibility index (Phi) is 3.17. The Morgan fingerprint density at radius 2 is 2.00 bits per heavy atom. The van der Waals surface area contributed by atoms with Crippen LogP contribution in [0.1, 0.15) is 6.42 Å². The van der Waals surface area contributed by atoms with Crippen LogP contribution in [0.4, 0.5) is 5.69 Å². The third-order valence-corrected chi connectivity index (χ3v) is 3.57. The molecule has 21 heavy (non-hydrogen) atoms. The van der Waals surface area contributed by atoms with Gasteiger partial charge in [-0.3, -0.25) is 9.59 Å². The summed E-state index contributed by atoms with van der Waals surface area (Å²) in [6.07, 6.45) is 2.03. The van der Waals surface area contributed by atoms with Crippen LogP contribution in [0.3, 0.4) is 0 Å². The molecule has 108 valence electrons. The van der Waals surface area contributed by atoms with Crippen LogP contribution in [0, 0.1) is 11.8 Å². The van der Waals surface area contributed by atoms with E-state index in [-0.39, 0.29) is 5.91 Å². The average molecular weight is 286 g/mol. The van der Waals surface area contributed by atoms with Gasteiger partial charge in [-0.25, -0.2) is 0 Å². The second kappa shape index (κ2) is 5.01. The van der Waals surface area contributed by atoms with Crippen molar-refractivity contribution in [1.29, 1.82) is 0 Å². The lowest BCUT2D eigenvalue weighted by Gasteiger charge is -2.06. The molecule has 1 aromatic heterocycles. The molecule has 2 atom stereocenters. The zero-order valence-corrected chi connectivity index (χ0v) is 11.4. The van der Waals surface area contributed by atoms with Crippen molar-refractivity contribution in [3.63, 3.8) is 0 Å². The molecule has 2 unspecified atom stereocenters. The maximum absolute atomic E-state index is 11.9. The molecule has 2 N–H and O–H groups in total. The van der Waals surface area contributed by atoms with Gasteiger partial charge in [0.15, 0.2) is 5.82 Å². The van der Waals surface area contributed by atoms with E-state index in [2.05, 4.69) is 15.5 Å². The zero-order chi connectivity index (χ0) is 15.0. The van der Waals surface area contributed by atoms with Crippen LogP contribution in [-0.2, 0) is 16.6 Å². The summed E-state index contributed by atoms with van der Waals surface area (Å²) in [5.74, 6) is -1.37. The van der Waals surface area contributed by atoms with Crippen molar-refractivity contribution in [3.05, 3.63) is 30.6 Å². The van der Waals surface area contributed by atoms with Crippen LogP contribution in [0.5, 0.6) is 0 Å². The molecule has 7 heteroatoms. The van der Waals surface area contributed by atoms with Gasteiger partial charge in [0.2, 0.25) is 5.91 Å². The summed E-state index contributed by atoms with van der Waals surface area (Å²) >= 11 is 0. The highest BCUT2D eigenvalue weighted by molar-refractivity contribution is 5.98. The van der Waals surface area contributed by atoms with Gasteiger partial charge < -0.3 is 15.0 Å². The lowest BCUT2D eigenvalue weighted by atomic mass is 10.2. The molecule has 1 aliphatic carbocycles. The van der Waals surface area contributed by atoms with Crippen molar-refractivity contribution in [2.75, 3.05) is 5.32 Å². The van der Waals surface area contributed by atoms with Crippen LogP contribution >= 0.6 is 0 Å². The fraction of sp³-hybridized carbons (Fsp3) is 0.286. The van der Waals surface area contributed by atoms with E-state index in [1.165, 1.54) is 0 Å². The lowest BCUT2D eigenvalue weighted by Crippen LogP contribution is -2.16. The van der Waals surface area contributed by atoms with E-state index >= 15 is 0 Å². The molecule has 0 radical (unpaired) electrons. The Morgan fingerprint density at radius 1 is 1.29 bits per heavy atom. The van der Waals surface area contributed by atoms with E-state index in [0.29, 0.717) is 12.1 Å². The third-order valence-electron chi connectivity index (χ3n) is 3.57. The van der Waals surface area contributed by atoms with E-state index in [4.69, 9.17) is 5.11 Å². The van der Waals surface area contributed by atoms with Gasteiger partial charge >= 0.3 is 5.97 Å². The van der Waals surface area contributed by atoms with Gasteiger partial charge in [0.1, 0.15) is 6.33 Å². The number of carbonyl (C=O) groups is 2. The van der Waals surface area contributed by atoms with Crippen LogP contribution in [0.25, 0.3) is 11.4 Å². The molecule has 1 heterocycles. The molecule has 1 saturated carbocycles. The topological polar surface area (TPSA) is 97.1 Å². The van der Waals surface area contributed by atoms with Crippen molar-refractivity contribution in [2.24, 2.45) is 18.9 Å². The largest absolute Gasteiger partial charge is 0.481 e. The summed E-state index contributed by atoms with van der Waals surface area (Å²) < 4.78 is 1.80. The van der Waals surface area contributed by atoms with Gasteiger partial charge in [0.25, 0.3) is 0 Å². The number of nitrogens with zero attached hydrogens (tertiary/aromatic N) is 3. The predicted octanol–water partition coefficient (Wildman–Crippen LogP) is 1.14. The SMILES string of the molecule is Cn1cnnc1-c1ccc(NC(=O)C2CC2C(=O)O)cc1. The number of aliphatic carboxylic acids is 1. The first kappa shape index (κ1) is 13.3. The Hall–Kier alpha value is -2.70. The van der Waals surface area contributed by atoms with E-state index in [1.54, 1.807) is 23.0 Å². The number of carbonyl (C=O) groups excluding carboxylic acids is 1. The molecule has 0 aliphatic heterocycles. The number of nitrogens with one attached hydrogen (secondary N) is 1. The van der Waals surface area contributed by atoms with Crippen molar-refractivity contribution in [1.82, 2.24) is 14.8 Å². The first-order valence-electron chi connectivity index (χ1n) is 6.54. The second-order valence-corrected chi connectivity index (χ2v) is 5.12. The highest BCUT2D eigenvalue weighted by Crippen LogP contribution is 2.39. The summed E-state index contributed by atoms with van der Waals surface area (Å²) in [6, 6.07) is 7.20. The van der Waals surface area contributed by atoms with E-state index in [0.717, 1.165) is 11.4 Å². The van der Waals surface area contributed by atoms with Gasteiger partial charge in [-0.1, -0.05) is 0 Å². The Balaban J connectivity index is 1.67. The third kappa shape index (κ3) is 2.62. The van der Waals surface area contributed by atoms with Crippen molar-refractivity contribution in [3.8, 4) is 11.4 Å². The molecular weight excluding hydrogens is 272 g/mol. The standard InChI is InChI=1S/C14H14N4O3/c1-18-7-15-17-12(18)8-2-4-9(5-3-8)16-13(19)10-6-11(10)14(20)21/h2-5,7,10-11H,6H2,1H3,(H,16,19)(H,20,21). The predicted molar refractivity (Wildman–Crippen MR) is 74.3 cm³/mol. The maximum Gasteiger partial charge on any atom is 0.307 e. The summed E-state index contributed by atoms with van der Waals surface area (Å²) in [5, 5.41) is 19.4. The van der Waals surface area contributed by atoms with E-state index in [9.17, 15) is 9.59 Å². The number of carboxylic acid groups (broad SMARTS) is 1.